The van der Waals surface area contributed by atoms with Gasteiger partial charge in [-0.1, -0.05) is 90.0 Å². The molecule has 2 aromatic carbocycles. The number of thioether (sulfide) groups is 2. The molecule has 0 aliphatic rings. The molecule has 2 nitrogen and oxygen atoms in total. The fourth-order valence-electron chi connectivity index (χ4n) is 4.42. The van der Waals surface area contributed by atoms with Crippen LogP contribution in [0.2, 0.25) is 0 Å². The van der Waals surface area contributed by atoms with Gasteiger partial charge in [0.15, 0.2) is 0 Å². The van der Waals surface area contributed by atoms with Crippen LogP contribution in [0.1, 0.15) is 132 Å². The van der Waals surface area contributed by atoms with Gasteiger partial charge in [0.25, 0.3) is 0 Å². The van der Waals surface area contributed by atoms with E-state index < -0.39 is 0 Å². The van der Waals surface area contributed by atoms with Crippen LogP contribution in [0.25, 0.3) is 0 Å². The molecule has 37 heavy (non-hydrogen) atoms. The van der Waals surface area contributed by atoms with E-state index in [-0.39, 0.29) is 25.7 Å². The van der Waals surface area contributed by atoms with Gasteiger partial charge in [0.05, 0.1) is 4.08 Å². The van der Waals surface area contributed by atoms with E-state index in [1.54, 1.807) is 0 Å². The Morgan fingerprint density at radius 3 is 1.08 bits per heavy atom. The molecule has 1 unspecified atom stereocenters. The Hall–Kier alpha value is -1.26. The second-order valence-corrected chi connectivity index (χ2v) is 17.8. The van der Waals surface area contributed by atoms with Crippen LogP contribution >= 0.6 is 23.5 Å². The van der Waals surface area contributed by atoms with Crippen LogP contribution in [0.5, 0.6) is 11.5 Å². The first-order chi connectivity index (χ1) is 16.6. The van der Waals surface area contributed by atoms with Crippen LogP contribution in [0, 0.1) is 0 Å². The molecule has 0 bridgehead atoms. The summed E-state index contributed by atoms with van der Waals surface area (Å²) in [6.45, 7) is 30.7. The third kappa shape index (κ3) is 7.44. The van der Waals surface area contributed by atoms with Crippen molar-refractivity contribution >= 4 is 23.5 Å². The molecule has 1 atom stereocenters. The minimum atomic E-state index is -0.158. The lowest BCUT2D eigenvalue weighted by Crippen LogP contribution is -2.20. The van der Waals surface area contributed by atoms with E-state index in [9.17, 15) is 10.2 Å². The standard InChI is InChI=1S/C33H52O2S2/c1-15-32(12,13)26-20-22(19-25(28(26)35)31(9,10)11)37-33(14,16-2)36-21-17-23(29(3,4)5)27(34)24(18-21)30(6,7)8/h17-20,34-35H,15-16H2,1-14H3. The average molecular weight is 545 g/mol. The molecule has 4 heteroatoms. The highest BCUT2D eigenvalue weighted by molar-refractivity contribution is 8.18. The first-order valence-corrected chi connectivity index (χ1v) is 15.3. The summed E-state index contributed by atoms with van der Waals surface area (Å²) in [5.41, 5.74) is 3.45. The molecule has 0 aliphatic carbocycles. The Kier molecular flexibility index (Phi) is 9.26. The van der Waals surface area contributed by atoms with E-state index in [1.165, 1.54) is 9.79 Å². The van der Waals surface area contributed by atoms with Crippen LogP contribution in [0.3, 0.4) is 0 Å². The molecule has 208 valence electrons. The minimum Gasteiger partial charge on any atom is -0.507 e. The van der Waals surface area contributed by atoms with Gasteiger partial charge in [-0.25, -0.2) is 0 Å². The number of benzene rings is 2. The third-order valence-corrected chi connectivity index (χ3v) is 10.4. The number of hydrogen-bond donors (Lipinski definition) is 2. The van der Waals surface area contributed by atoms with Gasteiger partial charge in [-0.3, -0.25) is 0 Å². The molecule has 0 saturated carbocycles. The van der Waals surface area contributed by atoms with E-state index in [2.05, 4.69) is 121 Å². The Balaban J connectivity index is 2.65. The van der Waals surface area contributed by atoms with Crippen molar-refractivity contribution in [3.05, 3.63) is 46.5 Å². The molecule has 0 amide bonds. The molecule has 2 rings (SSSR count). The molecule has 2 N–H and O–H groups in total. The van der Waals surface area contributed by atoms with Gasteiger partial charge in [0.1, 0.15) is 11.5 Å². The molecular formula is C33H52O2S2. The number of hydrogen-bond acceptors (Lipinski definition) is 4. The topological polar surface area (TPSA) is 40.5 Å². The molecule has 0 radical (unpaired) electrons. The summed E-state index contributed by atoms with van der Waals surface area (Å²) < 4.78 is -0.124. The fourth-order valence-corrected chi connectivity index (χ4v) is 7.16. The molecule has 0 saturated heterocycles. The summed E-state index contributed by atoms with van der Waals surface area (Å²) in [4.78, 5) is 2.38. The van der Waals surface area contributed by atoms with Crippen molar-refractivity contribution < 1.29 is 10.2 Å². The first kappa shape index (κ1) is 32.0. The molecule has 2 aromatic rings. The highest BCUT2D eigenvalue weighted by Crippen LogP contribution is 2.52. The highest BCUT2D eigenvalue weighted by Gasteiger charge is 2.33. The van der Waals surface area contributed by atoms with Gasteiger partial charge in [-0.2, -0.15) is 0 Å². The highest BCUT2D eigenvalue weighted by atomic mass is 32.2. The van der Waals surface area contributed by atoms with Gasteiger partial charge in [0, 0.05) is 32.0 Å². The van der Waals surface area contributed by atoms with Crippen molar-refractivity contribution in [1.29, 1.82) is 0 Å². The molecular weight excluding hydrogens is 492 g/mol. The average Bonchev–Trinajstić information content (AvgIpc) is 2.73. The van der Waals surface area contributed by atoms with E-state index in [4.69, 9.17) is 0 Å². The van der Waals surface area contributed by atoms with Crippen molar-refractivity contribution in [1.82, 2.24) is 0 Å². The lowest BCUT2D eigenvalue weighted by Gasteiger charge is -2.33. The monoisotopic (exact) mass is 544 g/mol. The molecule has 0 heterocycles. The van der Waals surface area contributed by atoms with Crippen LogP contribution in [-0.2, 0) is 21.7 Å². The first-order valence-electron chi connectivity index (χ1n) is 13.7. The quantitative estimate of drug-likeness (QED) is 0.269. The Bertz CT molecular complexity index is 1080. The fraction of sp³-hybridized carbons (Fsp3) is 0.636. The summed E-state index contributed by atoms with van der Waals surface area (Å²) >= 11 is 3.77. The molecule has 0 spiro atoms. The summed E-state index contributed by atoms with van der Waals surface area (Å²) in [6.07, 6.45) is 1.92. The van der Waals surface area contributed by atoms with Crippen LogP contribution < -0.4 is 0 Å². The molecule has 0 aromatic heterocycles. The maximum absolute atomic E-state index is 11.3. The van der Waals surface area contributed by atoms with E-state index >= 15 is 0 Å². The maximum Gasteiger partial charge on any atom is 0.123 e. The minimum absolute atomic E-state index is 0.114. The van der Waals surface area contributed by atoms with E-state index in [0.29, 0.717) is 11.5 Å². The molecule has 0 aliphatic heterocycles. The van der Waals surface area contributed by atoms with E-state index in [1.807, 2.05) is 23.5 Å². The largest absolute Gasteiger partial charge is 0.507 e. The van der Waals surface area contributed by atoms with Gasteiger partial charge >= 0.3 is 0 Å². The van der Waals surface area contributed by atoms with Crippen molar-refractivity contribution in [3.63, 3.8) is 0 Å². The second-order valence-electron chi connectivity index (χ2n) is 14.4. The summed E-state index contributed by atoms with van der Waals surface area (Å²) in [5.74, 6) is 0.868. The Labute approximate surface area is 236 Å². The van der Waals surface area contributed by atoms with Gasteiger partial charge in [0.2, 0.25) is 0 Å². The van der Waals surface area contributed by atoms with Crippen LogP contribution in [0.4, 0.5) is 0 Å². The van der Waals surface area contributed by atoms with Crippen molar-refractivity contribution in [2.45, 2.75) is 145 Å². The predicted octanol–water partition coefficient (Wildman–Crippen LogP) is 10.7. The van der Waals surface area contributed by atoms with Crippen LogP contribution in [-0.4, -0.2) is 14.3 Å². The lowest BCUT2D eigenvalue weighted by molar-refractivity contribution is 0.409. The predicted molar refractivity (Wildman–Crippen MR) is 166 cm³/mol. The third-order valence-electron chi connectivity index (χ3n) is 7.51. The molecule has 0 fully saturated rings. The Morgan fingerprint density at radius 2 is 0.811 bits per heavy atom. The van der Waals surface area contributed by atoms with Crippen molar-refractivity contribution in [2.75, 3.05) is 0 Å². The SMILES string of the molecule is CCC(C)(Sc1cc(C(C)(C)C)c(O)c(C(C)(C)C)c1)Sc1cc(C(C)(C)C)c(O)c(C(C)(C)CC)c1. The smallest absolute Gasteiger partial charge is 0.123 e. The van der Waals surface area contributed by atoms with Crippen LogP contribution in [0.15, 0.2) is 34.1 Å². The maximum atomic E-state index is 11.3. The zero-order valence-corrected chi connectivity index (χ0v) is 27.6. The Morgan fingerprint density at radius 1 is 0.514 bits per heavy atom. The van der Waals surface area contributed by atoms with Crippen molar-refractivity contribution in [2.24, 2.45) is 0 Å². The lowest BCUT2D eigenvalue weighted by atomic mass is 9.77. The van der Waals surface area contributed by atoms with Gasteiger partial charge < -0.3 is 10.2 Å². The number of rotatable bonds is 7. The summed E-state index contributed by atoms with van der Waals surface area (Å²) in [7, 11) is 0. The number of aromatic hydroxyl groups is 2. The number of phenolic OH excluding ortho intramolecular Hbond substituents is 2. The zero-order valence-electron chi connectivity index (χ0n) is 25.9. The van der Waals surface area contributed by atoms with Gasteiger partial charge in [-0.05, 0) is 65.7 Å². The zero-order chi connectivity index (χ0) is 28.8. The van der Waals surface area contributed by atoms with E-state index in [0.717, 1.165) is 35.1 Å². The summed E-state index contributed by atoms with van der Waals surface area (Å²) in [5, 5.41) is 22.5. The summed E-state index contributed by atoms with van der Waals surface area (Å²) in [6, 6.07) is 8.78. The second kappa shape index (κ2) is 10.7. The normalized spacial score (nSPS) is 15.1. The number of phenols is 2. The van der Waals surface area contributed by atoms with Crippen molar-refractivity contribution in [3.8, 4) is 11.5 Å². The van der Waals surface area contributed by atoms with Gasteiger partial charge in [-0.15, -0.1) is 23.5 Å².